The third-order valence-corrected chi connectivity index (χ3v) is 5.48. The molecular formula is C18H32N4O3. The van der Waals surface area contributed by atoms with Crippen LogP contribution >= 0.6 is 0 Å². The predicted molar refractivity (Wildman–Crippen MR) is 94.2 cm³/mol. The molecular weight excluding hydrogens is 320 g/mol. The van der Waals surface area contributed by atoms with Gasteiger partial charge in [-0.1, -0.05) is 19.0 Å². The number of aliphatic hydroxyl groups is 1. The average Bonchev–Trinajstić information content (AvgIpc) is 3.22. The summed E-state index contributed by atoms with van der Waals surface area (Å²) in [5, 5.41) is 13.8. The van der Waals surface area contributed by atoms with E-state index in [0.29, 0.717) is 24.4 Å². The van der Waals surface area contributed by atoms with Crippen LogP contribution in [-0.2, 0) is 11.3 Å². The molecule has 2 unspecified atom stereocenters. The Hall–Kier alpha value is -1.02. The van der Waals surface area contributed by atoms with Crippen molar-refractivity contribution in [2.24, 2.45) is 11.8 Å². The zero-order chi connectivity index (χ0) is 17.8. The van der Waals surface area contributed by atoms with Crippen LogP contribution in [0.25, 0.3) is 0 Å². The van der Waals surface area contributed by atoms with Crippen molar-refractivity contribution in [1.82, 2.24) is 19.9 Å². The van der Waals surface area contributed by atoms with Gasteiger partial charge in [0, 0.05) is 45.3 Å². The highest BCUT2D eigenvalue weighted by Gasteiger charge is 2.40. The second-order valence-electron chi connectivity index (χ2n) is 7.91. The molecule has 0 saturated carbocycles. The Morgan fingerprint density at radius 3 is 2.68 bits per heavy atom. The van der Waals surface area contributed by atoms with Crippen LogP contribution in [0.2, 0.25) is 0 Å². The van der Waals surface area contributed by atoms with Gasteiger partial charge in [0.15, 0.2) is 5.82 Å². The van der Waals surface area contributed by atoms with E-state index in [4.69, 9.17) is 9.26 Å². The first-order chi connectivity index (χ1) is 12.1. The molecule has 1 N–H and O–H groups in total. The van der Waals surface area contributed by atoms with E-state index in [0.717, 1.165) is 19.0 Å². The van der Waals surface area contributed by atoms with Crippen molar-refractivity contribution in [2.75, 3.05) is 46.4 Å². The summed E-state index contributed by atoms with van der Waals surface area (Å²) in [6.07, 6.45) is 2.41. The van der Waals surface area contributed by atoms with Crippen LogP contribution in [0.5, 0.6) is 0 Å². The predicted octanol–water partition coefficient (Wildman–Crippen LogP) is 1.34. The van der Waals surface area contributed by atoms with E-state index in [1.54, 1.807) is 7.11 Å². The van der Waals surface area contributed by atoms with Crippen molar-refractivity contribution in [3.8, 4) is 0 Å². The lowest BCUT2D eigenvalue weighted by Gasteiger charge is -2.37. The van der Waals surface area contributed by atoms with Gasteiger partial charge in [0.05, 0.1) is 5.92 Å². The second-order valence-corrected chi connectivity index (χ2v) is 7.91. The van der Waals surface area contributed by atoms with Gasteiger partial charge in [0.1, 0.15) is 6.61 Å². The summed E-state index contributed by atoms with van der Waals surface area (Å²) >= 11 is 0. The van der Waals surface area contributed by atoms with Crippen LogP contribution in [-0.4, -0.2) is 77.5 Å². The van der Waals surface area contributed by atoms with E-state index < -0.39 is 0 Å². The number of aliphatic hydroxyl groups excluding tert-OH is 1. The Balaban J connectivity index is 1.58. The number of likely N-dealkylation sites (tertiary alicyclic amines) is 2. The van der Waals surface area contributed by atoms with Gasteiger partial charge < -0.3 is 19.3 Å². The van der Waals surface area contributed by atoms with Crippen LogP contribution in [0, 0.1) is 11.8 Å². The van der Waals surface area contributed by atoms with Gasteiger partial charge in [-0.2, -0.15) is 4.98 Å². The molecule has 7 heteroatoms. The van der Waals surface area contributed by atoms with Crippen LogP contribution in [0.4, 0.5) is 0 Å². The highest BCUT2D eigenvalue weighted by molar-refractivity contribution is 5.04. The van der Waals surface area contributed by atoms with Gasteiger partial charge in [-0.05, 0) is 31.8 Å². The number of hydrogen-bond acceptors (Lipinski definition) is 7. The summed E-state index contributed by atoms with van der Waals surface area (Å²) in [5.41, 5.74) is 0. The molecule has 2 aliphatic heterocycles. The molecule has 2 fully saturated rings. The monoisotopic (exact) mass is 352 g/mol. The number of hydrogen-bond donors (Lipinski definition) is 1. The van der Waals surface area contributed by atoms with Crippen LogP contribution in [0.1, 0.15) is 44.3 Å². The van der Waals surface area contributed by atoms with Gasteiger partial charge in [-0.15, -0.1) is 0 Å². The van der Waals surface area contributed by atoms with Crippen molar-refractivity contribution in [3.63, 3.8) is 0 Å². The smallest absolute Gasteiger partial charge is 0.231 e. The summed E-state index contributed by atoms with van der Waals surface area (Å²) in [6, 6.07) is 0.601. The second kappa shape index (κ2) is 8.58. The molecule has 142 valence electrons. The normalized spacial score (nSPS) is 26.8. The molecule has 0 amide bonds. The molecule has 0 bridgehead atoms. The van der Waals surface area contributed by atoms with E-state index in [2.05, 4.69) is 33.8 Å². The maximum atomic E-state index is 9.82. The number of piperidine rings is 1. The van der Waals surface area contributed by atoms with E-state index in [9.17, 15) is 5.11 Å². The summed E-state index contributed by atoms with van der Waals surface area (Å²) < 4.78 is 10.5. The fraction of sp³-hybridized carbons (Fsp3) is 0.889. The van der Waals surface area contributed by atoms with Crippen molar-refractivity contribution in [1.29, 1.82) is 0 Å². The van der Waals surface area contributed by atoms with Crippen LogP contribution < -0.4 is 0 Å². The largest absolute Gasteiger partial charge is 0.396 e. The summed E-state index contributed by atoms with van der Waals surface area (Å²) in [5.74, 6) is 2.24. The summed E-state index contributed by atoms with van der Waals surface area (Å²) in [6.45, 7) is 10.4. The Morgan fingerprint density at radius 1 is 1.28 bits per heavy atom. The van der Waals surface area contributed by atoms with Crippen molar-refractivity contribution < 1.29 is 14.4 Å². The molecule has 0 aliphatic carbocycles. The van der Waals surface area contributed by atoms with Crippen LogP contribution in [0.3, 0.4) is 0 Å². The number of nitrogens with zero attached hydrogens (tertiary/aromatic N) is 4. The fourth-order valence-electron chi connectivity index (χ4n) is 4.26. The molecule has 2 saturated heterocycles. The van der Waals surface area contributed by atoms with Gasteiger partial charge in [-0.3, -0.25) is 4.90 Å². The number of methoxy groups -OCH3 is 1. The standard InChI is InChI=1S/C18H32N4O3/c1-13(2)8-21-6-4-15(5-7-21)22-9-14(11-23)16(10-22)18-19-17(12-24-3)20-25-18/h13-16,23H,4-12H2,1-3H3. The minimum atomic E-state index is 0.122. The number of ether oxygens (including phenoxy) is 1. The van der Waals surface area contributed by atoms with E-state index in [-0.39, 0.29) is 18.4 Å². The lowest BCUT2D eigenvalue weighted by atomic mass is 9.97. The molecule has 0 aromatic carbocycles. The Labute approximate surface area is 150 Å². The first-order valence-corrected chi connectivity index (χ1v) is 9.49. The minimum Gasteiger partial charge on any atom is -0.396 e. The fourth-order valence-corrected chi connectivity index (χ4v) is 4.26. The molecule has 3 rings (SSSR count). The molecule has 25 heavy (non-hydrogen) atoms. The molecule has 2 atom stereocenters. The maximum absolute atomic E-state index is 9.82. The maximum Gasteiger partial charge on any atom is 0.231 e. The van der Waals surface area contributed by atoms with Gasteiger partial charge >= 0.3 is 0 Å². The summed E-state index contributed by atoms with van der Waals surface area (Å²) in [7, 11) is 1.62. The number of aromatic nitrogens is 2. The Bertz CT molecular complexity index is 528. The first-order valence-electron chi connectivity index (χ1n) is 9.49. The SMILES string of the molecule is COCc1noc(C2CN(C3CCN(CC(C)C)CC3)CC2CO)n1. The van der Waals surface area contributed by atoms with Crippen LogP contribution in [0.15, 0.2) is 4.52 Å². The molecule has 0 radical (unpaired) electrons. The highest BCUT2D eigenvalue weighted by atomic mass is 16.5. The molecule has 3 heterocycles. The average molecular weight is 352 g/mol. The third-order valence-electron chi connectivity index (χ3n) is 5.48. The topological polar surface area (TPSA) is 74.9 Å². The molecule has 0 spiro atoms. The van der Waals surface area contributed by atoms with E-state index >= 15 is 0 Å². The lowest BCUT2D eigenvalue weighted by molar-refractivity contribution is 0.112. The number of rotatable bonds is 7. The van der Waals surface area contributed by atoms with Gasteiger partial charge in [0.25, 0.3) is 0 Å². The van der Waals surface area contributed by atoms with Crippen molar-refractivity contribution in [2.45, 2.75) is 45.3 Å². The zero-order valence-electron chi connectivity index (χ0n) is 15.7. The zero-order valence-corrected chi connectivity index (χ0v) is 15.7. The Morgan fingerprint density at radius 2 is 2.04 bits per heavy atom. The molecule has 2 aliphatic rings. The quantitative estimate of drug-likeness (QED) is 0.794. The summed E-state index contributed by atoms with van der Waals surface area (Å²) in [4.78, 5) is 9.56. The van der Waals surface area contributed by atoms with Gasteiger partial charge in [0.2, 0.25) is 5.89 Å². The van der Waals surface area contributed by atoms with Crippen molar-refractivity contribution >= 4 is 0 Å². The Kier molecular flexibility index (Phi) is 6.44. The first kappa shape index (κ1) is 18.8. The van der Waals surface area contributed by atoms with E-state index in [1.165, 1.54) is 32.5 Å². The molecule has 1 aromatic rings. The van der Waals surface area contributed by atoms with Crippen molar-refractivity contribution in [3.05, 3.63) is 11.7 Å². The molecule has 7 nitrogen and oxygen atoms in total. The lowest BCUT2D eigenvalue weighted by Crippen LogP contribution is -2.45. The van der Waals surface area contributed by atoms with Gasteiger partial charge in [-0.25, -0.2) is 0 Å². The molecule has 1 aromatic heterocycles. The van der Waals surface area contributed by atoms with E-state index in [1.807, 2.05) is 0 Å². The third kappa shape index (κ3) is 4.58. The minimum absolute atomic E-state index is 0.122. The highest BCUT2D eigenvalue weighted by Crippen LogP contribution is 2.34.